The lowest BCUT2D eigenvalue weighted by Gasteiger charge is -2.24. The second-order valence-electron chi connectivity index (χ2n) is 5.62. The molecule has 0 spiro atoms. The summed E-state index contributed by atoms with van der Waals surface area (Å²) in [5.41, 5.74) is 2.03. The Morgan fingerprint density at radius 2 is 1.95 bits per heavy atom. The zero-order valence-electron chi connectivity index (χ0n) is 12.9. The number of hydrogen-bond donors (Lipinski definition) is 1. The van der Waals surface area contributed by atoms with Gasteiger partial charge in [-0.25, -0.2) is 4.98 Å². The minimum atomic E-state index is -0.102. The van der Waals surface area contributed by atoms with Gasteiger partial charge in [0.2, 0.25) is 0 Å². The summed E-state index contributed by atoms with van der Waals surface area (Å²) in [5, 5.41) is 4.49. The van der Waals surface area contributed by atoms with Crippen molar-refractivity contribution in [2.24, 2.45) is 0 Å². The van der Waals surface area contributed by atoms with Gasteiger partial charge in [-0.2, -0.15) is 0 Å². The van der Waals surface area contributed by atoms with Crippen LogP contribution in [0, 0.1) is 0 Å². The summed E-state index contributed by atoms with van der Waals surface area (Å²) in [7, 11) is 0. The first-order valence-corrected chi connectivity index (χ1v) is 7.32. The topological polar surface area (TPSA) is 34.2 Å². The Hall–Kier alpha value is -1.61. The fourth-order valence-electron chi connectivity index (χ4n) is 1.97. The molecule has 0 atom stereocenters. The molecule has 0 saturated heterocycles. The van der Waals surface area contributed by atoms with Gasteiger partial charge in [0.05, 0.1) is 17.7 Å². The molecule has 0 bridgehead atoms. The SMILES string of the molecule is CCNc1nc2ccccc2cc1COC(C)(C)CC. The van der Waals surface area contributed by atoms with Crippen molar-refractivity contribution >= 4 is 16.7 Å². The zero-order chi connectivity index (χ0) is 14.6. The summed E-state index contributed by atoms with van der Waals surface area (Å²) in [5.74, 6) is 0.929. The molecule has 3 heteroatoms. The van der Waals surface area contributed by atoms with Crippen molar-refractivity contribution in [2.75, 3.05) is 11.9 Å². The molecule has 0 fully saturated rings. The van der Waals surface area contributed by atoms with Crippen LogP contribution in [0.2, 0.25) is 0 Å². The molecule has 1 aromatic carbocycles. The number of anilines is 1. The van der Waals surface area contributed by atoms with Crippen LogP contribution in [-0.4, -0.2) is 17.1 Å². The van der Waals surface area contributed by atoms with Crippen molar-refractivity contribution in [1.29, 1.82) is 0 Å². The fraction of sp³-hybridized carbons (Fsp3) is 0.471. The van der Waals surface area contributed by atoms with Crippen LogP contribution in [0.25, 0.3) is 10.9 Å². The predicted octanol–water partition coefficient (Wildman–Crippen LogP) is 4.37. The Kier molecular flexibility index (Phi) is 4.61. The predicted molar refractivity (Wildman–Crippen MR) is 85.1 cm³/mol. The van der Waals surface area contributed by atoms with E-state index < -0.39 is 0 Å². The van der Waals surface area contributed by atoms with Crippen molar-refractivity contribution in [2.45, 2.75) is 46.3 Å². The van der Waals surface area contributed by atoms with Crippen LogP contribution in [0.4, 0.5) is 5.82 Å². The van der Waals surface area contributed by atoms with Crippen LogP contribution in [0.1, 0.15) is 39.7 Å². The second kappa shape index (κ2) is 6.23. The van der Waals surface area contributed by atoms with Crippen molar-refractivity contribution < 1.29 is 4.74 Å². The molecule has 0 radical (unpaired) electrons. The molecule has 1 N–H and O–H groups in total. The van der Waals surface area contributed by atoms with E-state index in [1.54, 1.807) is 0 Å². The van der Waals surface area contributed by atoms with E-state index in [2.05, 4.69) is 45.1 Å². The van der Waals surface area contributed by atoms with Gasteiger partial charge in [-0.05, 0) is 39.3 Å². The number of pyridine rings is 1. The minimum absolute atomic E-state index is 0.102. The van der Waals surface area contributed by atoms with E-state index in [-0.39, 0.29) is 5.60 Å². The van der Waals surface area contributed by atoms with E-state index in [0.717, 1.165) is 35.2 Å². The van der Waals surface area contributed by atoms with E-state index in [4.69, 9.17) is 9.72 Å². The van der Waals surface area contributed by atoms with E-state index in [0.29, 0.717) is 6.61 Å². The van der Waals surface area contributed by atoms with Crippen LogP contribution in [0.15, 0.2) is 30.3 Å². The maximum absolute atomic E-state index is 6.02. The van der Waals surface area contributed by atoms with Crippen molar-refractivity contribution in [3.63, 3.8) is 0 Å². The highest BCUT2D eigenvalue weighted by Gasteiger charge is 2.16. The van der Waals surface area contributed by atoms with E-state index in [1.165, 1.54) is 0 Å². The monoisotopic (exact) mass is 272 g/mol. The fourth-order valence-corrected chi connectivity index (χ4v) is 1.97. The Bertz CT molecular complexity index is 578. The smallest absolute Gasteiger partial charge is 0.132 e. The lowest BCUT2D eigenvalue weighted by atomic mass is 10.1. The summed E-state index contributed by atoms with van der Waals surface area (Å²) < 4.78 is 6.02. The molecule has 0 amide bonds. The number of benzene rings is 1. The quantitative estimate of drug-likeness (QED) is 0.847. The highest BCUT2D eigenvalue weighted by atomic mass is 16.5. The number of fused-ring (bicyclic) bond motifs is 1. The van der Waals surface area contributed by atoms with E-state index in [1.807, 2.05) is 18.2 Å². The first-order valence-electron chi connectivity index (χ1n) is 7.32. The molecule has 2 rings (SSSR count). The highest BCUT2D eigenvalue weighted by Crippen LogP contribution is 2.24. The molecule has 0 aliphatic heterocycles. The summed E-state index contributed by atoms with van der Waals surface area (Å²) in [6, 6.07) is 10.4. The molecule has 20 heavy (non-hydrogen) atoms. The molecule has 0 aliphatic rings. The average Bonchev–Trinajstić information content (AvgIpc) is 2.45. The Morgan fingerprint density at radius 1 is 1.20 bits per heavy atom. The third-order valence-corrected chi connectivity index (χ3v) is 3.62. The molecule has 1 aromatic heterocycles. The van der Waals surface area contributed by atoms with Gasteiger partial charge in [-0.1, -0.05) is 25.1 Å². The van der Waals surface area contributed by atoms with Gasteiger partial charge in [0.1, 0.15) is 5.82 Å². The van der Waals surface area contributed by atoms with Crippen LogP contribution >= 0.6 is 0 Å². The molecule has 0 unspecified atom stereocenters. The number of nitrogens with one attached hydrogen (secondary N) is 1. The number of para-hydroxylation sites is 1. The van der Waals surface area contributed by atoms with Crippen molar-refractivity contribution in [3.05, 3.63) is 35.9 Å². The lowest BCUT2D eigenvalue weighted by molar-refractivity contribution is -0.0314. The first kappa shape index (κ1) is 14.8. The largest absolute Gasteiger partial charge is 0.371 e. The number of nitrogens with zero attached hydrogens (tertiary/aromatic N) is 1. The van der Waals surface area contributed by atoms with Gasteiger partial charge in [-0.3, -0.25) is 0 Å². The molecular formula is C17H24N2O. The van der Waals surface area contributed by atoms with Gasteiger partial charge in [-0.15, -0.1) is 0 Å². The molecule has 0 saturated carbocycles. The molecule has 108 valence electrons. The second-order valence-corrected chi connectivity index (χ2v) is 5.62. The molecule has 3 nitrogen and oxygen atoms in total. The summed E-state index contributed by atoms with van der Waals surface area (Å²) in [4.78, 5) is 4.70. The number of aromatic nitrogens is 1. The third-order valence-electron chi connectivity index (χ3n) is 3.62. The molecule has 1 heterocycles. The van der Waals surface area contributed by atoms with Gasteiger partial charge in [0, 0.05) is 17.5 Å². The number of ether oxygens (including phenoxy) is 1. The van der Waals surface area contributed by atoms with Gasteiger partial charge < -0.3 is 10.1 Å². The van der Waals surface area contributed by atoms with Crippen LogP contribution < -0.4 is 5.32 Å². The lowest BCUT2D eigenvalue weighted by Crippen LogP contribution is -2.23. The van der Waals surface area contributed by atoms with Gasteiger partial charge >= 0.3 is 0 Å². The zero-order valence-corrected chi connectivity index (χ0v) is 12.9. The van der Waals surface area contributed by atoms with Crippen molar-refractivity contribution in [1.82, 2.24) is 4.98 Å². The summed E-state index contributed by atoms with van der Waals surface area (Å²) in [6.45, 7) is 9.90. The Balaban J connectivity index is 2.31. The van der Waals surface area contributed by atoms with Crippen LogP contribution in [-0.2, 0) is 11.3 Å². The number of hydrogen-bond acceptors (Lipinski definition) is 3. The van der Waals surface area contributed by atoms with E-state index in [9.17, 15) is 0 Å². The summed E-state index contributed by atoms with van der Waals surface area (Å²) in [6.07, 6.45) is 0.991. The Labute approximate surface area is 121 Å². The van der Waals surface area contributed by atoms with Gasteiger partial charge in [0.15, 0.2) is 0 Å². The maximum atomic E-state index is 6.02. The van der Waals surface area contributed by atoms with Crippen molar-refractivity contribution in [3.8, 4) is 0 Å². The average molecular weight is 272 g/mol. The number of rotatable bonds is 6. The maximum Gasteiger partial charge on any atom is 0.132 e. The van der Waals surface area contributed by atoms with Crippen LogP contribution in [0.3, 0.4) is 0 Å². The molecular weight excluding hydrogens is 248 g/mol. The molecule has 0 aliphatic carbocycles. The highest BCUT2D eigenvalue weighted by molar-refractivity contribution is 5.81. The third kappa shape index (κ3) is 3.48. The normalized spacial score (nSPS) is 11.8. The van der Waals surface area contributed by atoms with Gasteiger partial charge in [0.25, 0.3) is 0 Å². The van der Waals surface area contributed by atoms with Crippen LogP contribution in [0.5, 0.6) is 0 Å². The standard InChI is InChI=1S/C17H24N2O/c1-5-17(3,4)20-12-14-11-13-9-7-8-10-15(13)19-16(14)18-6-2/h7-11H,5-6,12H2,1-4H3,(H,18,19). The Morgan fingerprint density at radius 3 is 2.65 bits per heavy atom. The first-order chi connectivity index (χ1) is 9.55. The summed E-state index contributed by atoms with van der Waals surface area (Å²) >= 11 is 0. The van der Waals surface area contributed by atoms with E-state index >= 15 is 0 Å². The molecule has 2 aromatic rings. The minimum Gasteiger partial charge on any atom is -0.371 e.